The third-order valence-electron chi connectivity index (χ3n) is 4.42. The van der Waals surface area contributed by atoms with E-state index in [1.165, 1.54) is 35.9 Å². The first-order chi connectivity index (χ1) is 14.9. The van der Waals surface area contributed by atoms with Crippen LogP contribution in [0.2, 0.25) is 0 Å². The van der Waals surface area contributed by atoms with E-state index in [4.69, 9.17) is 12.2 Å². The number of methoxy groups -OCH3 is 1. The van der Waals surface area contributed by atoms with Gasteiger partial charge in [-0.1, -0.05) is 42.2 Å². The molecular formula is C22H20N2O5S2. The second-order valence-corrected chi connectivity index (χ2v) is 8.32. The van der Waals surface area contributed by atoms with E-state index < -0.39 is 5.97 Å². The maximum absolute atomic E-state index is 12.7. The number of aromatic hydroxyl groups is 1. The molecule has 3 rings (SSSR count). The molecule has 2 N–H and O–H groups in total. The van der Waals surface area contributed by atoms with Gasteiger partial charge >= 0.3 is 5.97 Å². The van der Waals surface area contributed by atoms with E-state index in [1.54, 1.807) is 42.5 Å². The van der Waals surface area contributed by atoms with Crippen LogP contribution in [0, 0.1) is 0 Å². The lowest BCUT2D eigenvalue weighted by molar-refractivity contribution is -0.122. The zero-order chi connectivity index (χ0) is 22.4. The molecule has 160 valence electrons. The molecule has 0 bridgehead atoms. The van der Waals surface area contributed by atoms with Crippen molar-refractivity contribution in [3.8, 4) is 5.75 Å². The first-order valence-electron chi connectivity index (χ1n) is 9.40. The van der Waals surface area contributed by atoms with Gasteiger partial charge in [0.05, 0.1) is 17.6 Å². The molecule has 0 saturated carbocycles. The predicted octanol–water partition coefficient (Wildman–Crippen LogP) is 3.80. The van der Waals surface area contributed by atoms with Crippen LogP contribution in [0.3, 0.4) is 0 Å². The summed E-state index contributed by atoms with van der Waals surface area (Å²) in [5, 5.41) is 12.1. The van der Waals surface area contributed by atoms with Crippen molar-refractivity contribution in [1.29, 1.82) is 0 Å². The van der Waals surface area contributed by atoms with Crippen molar-refractivity contribution < 1.29 is 24.2 Å². The summed E-state index contributed by atoms with van der Waals surface area (Å²) >= 11 is 6.52. The maximum atomic E-state index is 12.7. The van der Waals surface area contributed by atoms with Crippen molar-refractivity contribution in [3.63, 3.8) is 0 Å². The molecule has 0 radical (unpaired) electrons. The number of rotatable bonds is 7. The molecule has 0 aliphatic carbocycles. The van der Waals surface area contributed by atoms with Crippen LogP contribution >= 0.6 is 24.0 Å². The Morgan fingerprint density at radius 2 is 1.97 bits per heavy atom. The molecule has 1 heterocycles. The molecule has 2 aromatic carbocycles. The van der Waals surface area contributed by atoms with E-state index in [1.807, 2.05) is 0 Å². The minimum atomic E-state index is -0.425. The molecule has 1 aliphatic heterocycles. The zero-order valence-electron chi connectivity index (χ0n) is 16.7. The van der Waals surface area contributed by atoms with Gasteiger partial charge < -0.3 is 15.2 Å². The molecule has 9 heteroatoms. The van der Waals surface area contributed by atoms with Crippen LogP contribution in [0.1, 0.15) is 28.8 Å². The van der Waals surface area contributed by atoms with Gasteiger partial charge in [-0.25, -0.2) is 4.79 Å². The Morgan fingerprint density at radius 1 is 1.23 bits per heavy atom. The number of ether oxygens (including phenoxy) is 1. The van der Waals surface area contributed by atoms with Gasteiger partial charge in [-0.05, 0) is 42.3 Å². The molecule has 2 aromatic rings. The van der Waals surface area contributed by atoms with Gasteiger partial charge in [-0.3, -0.25) is 14.5 Å². The molecule has 0 unspecified atom stereocenters. The van der Waals surface area contributed by atoms with Gasteiger partial charge in [0.2, 0.25) is 5.91 Å². The third-order valence-corrected chi connectivity index (χ3v) is 5.80. The Hall–Kier alpha value is -3.17. The van der Waals surface area contributed by atoms with E-state index in [9.17, 15) is 19.5 Å². The number of hydrogen-bond donors (Lipinski definition) is 2. The number of phenols is 1. The zero-order valence-corrected chi connectivity index (χ0v) is 18.3. The van der Waals surface area contributed by atoms with E-state index in [0.29, 0.717) is 33.4 Å². The second-order valence-electron chi connectivity index (χ2n) is 6.65. The summed E-state index contributed by atoms with van der Waals surface area (Å²) in [4.78, 5) is 38.3. The summed E-state index contributed by atoms with van der Waals surface area (Å²) in [6.07, 6.45) is 2.37. The third kappa shape index (κ3) is 5.93. The van der Waals surface area contributed by atoms with E-state index >= 15 is 0 Å². The first kappa shape index (κ1) is 22.5. The number of anilines is 1. The van der Waals surface area contributed by atoms with Crippen molar-refractivity contribution in [3.05, 3.63) is 64.6 Å². The number of phenolic OH excluding ortho intramolecular Hbond substituents is 1. The molecule has 1 saturated heterocycles. The molecule has 0 atom stereocenters. The normalized spacial score (nSPS) is 14.7. The largest absolute Gasteiger partial charge is 0.508 e. The monoisotopic (exact) mass is 456 g/mol. The van der Waals surface area contributed by atoms with Crippen LogP contribution in [-0.4, -0.2) is 45.8 Å². The topological polar surface area (TPSA) is 95.9 Å². The Labute approximate surface area is 189 Å². The van der Waals surface area contributed by atoms with E-state index in [-0.39, 0.29) is 24.0 Å². The highest BCUT2D eigenvalue weighted by Crippen LogP contribution is 2.32. The summed E-state index contributed by atoms with van der Waals surface area (Å²) < 4.78 is 5.11. The Kier molecular flexibility index (Phi) is 7.43. The predicted molar refractivity (Wildman–Crippen MR) is 124 cm³/mol. The lowest BCUT2D eigenvalue weighted by atomic mass is 10.1. The molecule has 2 amide bonds. The van der Waals surface area contributed by atoms with Crippen LogP contribution in [0.4, 0.5) is 5.69 Å². The van der Waals surface area contributed by atoms with Gasteiger partial charge in [-0.15, -0.1) is 0 Å². The van der Waals surface area contributed by atoms with Crippen molar-refractivity contribution >= 4 is 57.8 Å². The van der Waals surface area contributed by atoms with Crippen molar-refractivity contribution in [1.82, 2.24) is 4.90 Å². The minimum absolute atomic E-state index is 0.0714. The van der Waals surface area contributed by atoms with Crippen molar-refractivity contribution in [2.75, 3.05) is 19.0 Å². The number of esters is 1. The van der Waals surface area contributed by atoms with Gasteiger partial charge in [0.15, 0.2) is 0 Å². The quantitative estimate of drug-likeness (QED) is 0.372. The van der Waals surface area contributed by atoms with Crippen molar-refractivity contribution in [2.24, 2.45) is 0 Å². The minimum Gasteiger partial charge on any atom is -0.508 e. The fourth-order valence-electron chi connectivity index (χ4n) is 2.88. The SMILES string of the molecule is COC(=O)c1ccc(C=C2SC(=S)N(CCCC(=O)Nc3cccc(O)c3)C2=O)cc1. The Balaban J connectivity index is 1.54. The van der Waals surface area contributed by atoms with Crippen LogP contribution in [-0.2, 0) is 14.3 Å². The molecule has 0 aromatic heterocycles. The number of hydrogen-bond acceptors (Lipinski definition) is 7. The van der Waals surface area contributed by atoms with Crippen LogP contribution in [0.5, 0.6) is 5.75 Å². The molecular weight excluding hydrogens is 436 g/mol. The Bertz CT molecular complexity index is 1050. The Morgan fingerprint density at radius 3 is 2.65 bits per heavy atom. The highest BCUT2D eigenvalue weighted by atomic mass is 32.2. The fraction of sp³-hybridized carbons (Fsp3) is 0.182. The molecule has 1 aliphatic rings. The average molecular weight is 457 g/mol. The van der Waals surface area contributed by atoms with Crippen LogP contribution in [0.25, 0.3) is 6.08 Å². The summed E-state index contributed by atoms with van der Waals surface area (Å²) in [6.45, 7) is 0.330. The van der Waals surface area contributed by atoms with Crippen molar-refractivity contribution in [2.45, 2.75) is 12.8 Å². The highest BCUT2D eigenvalue weighted by molar-refractivity contribution is 8.26. The van der Waals surface area contributed by atoms with E-state index in [0.717, 1.165) is 5.56 Å². The number of carbonyl (C=O) groups is 3. The number of thiocarbonyl (C=S) groups is 1. The maximum Gasteiger partial charge on any atom is 0.337 e. The summed E-state index contributed by atoms with van der Waals surface area (Å²) in [7, 11) is 1.32. The number of nitrogens with zero attached hydrogens (tertiary/aromatic N) is 1. The summed E-state index contributed by atoms with van der Waals surface area (Å²) in [6, 6.07) is 13.0. The summed E-state index contributed by atoms with van der Waals surface area (Å²) in [5.41, 5.74) is 1.70. The number of thioether (sulfide) groups is 1. The van der Waals surface area contributed by atoms with Crippen LogP contribution in [0.15, 0.2) is 53.4 Å². The lowest BCUT2D eigenvalue weighted by Crippen LogP contribution is -2.29. The first-order valence-corrected chi connectivity index (χ1v) is 10.6. The number of benzene rings is 2. The average Bonchev–Trinajstić information content (AvgIpc) is 3.01. The molecule has 0 spiro atoms. The van der Waals surface area contributed by atoms with Crippen LogP contribution < -0.4 is 5.32 Å². The molecule has 1 fully saturated rings. The number of amides is 2. The molecule has 31 heavy (non-hydrogen) atoms. The molecule has 7 nitrogen and oxygen atoms in total. The van der Waals surface area contributed by atoms with Gasteiger partial charge in [-0.2, -0.15) is 0 Å². The number of nitrogens with one attached hydrogen (secondary N) is 1. The summed E-state index contributed by atoms with van der Waals surface area (Å²) in [5.74, 6) is -0.772. The van der Waals surface area contributed by atoms with Gasteiger partial charge in [0, 0.05) is 24.7 Å². The standard InChI is InChI=1S/C22H20N2O5S2/c1-29-21(28)15-9-7-14(8-10-15)12-18-20(27)24(22(30)31-18)11-3-6-19(26)23-16-4-2-5-17(25)13-16/h2,4-5,7-10,12-13,25H,3,6,11H2,1H3,(H,23,26). The van der Waals surface area contributed by atoms with Gasteiger partial charge in [0.1, 0.15) is 10.1 Å². The highest BCUT2D eigenvalue weighted by Gasteiger charge is 2.31. The van der Waals surface area contributed by atoms with E-state index in [2.05, 4.69) is 10.1 Å². The smallest absolute Gasteiger partial charge is 0.337 e. The lowest BCUT2D eigenvalue weighted by Gasteiger charge is -2.14. The second kappa shape index (κ2) is 10.2. The fourth-order valence-corrected chi connectivity index (χ4v) is 4.19. The number of carbonyl (C=O) groups excluding carboxylic acids is 3. The van der Waals surface area contributed by atoms with Gasteiger partial charge in [0.25, 0.3) is 5.91 Å².